The summed E-state index contributed by atoms with van der Waals surface area (Å²) in [5.74, 6) is 1.80. The number of methoxy groups -OCH3 is 2. The molecule has 2 aromatic rings. The molecule has 21 heavy (non-hydrogen) atoms. The normalized spacial score (nSPS) is 10.7. The Balaban J connectivity index is 2.07. The summed E-state index contributed by atoms with van der Waals surface area (Å²) in [5.41, 5.74) is 2.39. The summed E-state index contributed by atoms with van der Waals surface area (Å²) in [6.45, 7) is 1.67. The molecule has 4 heteroatoms. The molecule has 112 valence electrons. The van der Waals surface area contributed by atoms with E-state index in [1.54, 1.807) is 14.2 Å². The zero-order valence-corrected chi connectivity index (χ0v) is 14.2. The van der Waals surface area contributed by atoms with E-state index < -0.39 is 0 Å². The van der Waals surface area contributed by atoms with Crippen LogP contribution in [-0.2, 0) is 13.1 Å². The first-order valence-corrected chi connectivity index (χ1v) is 7.55. The number of benzene rings is 2. The molecule has 0 fully saturated rings. The topological polar surface area (TPSA) is 21.7 Å². The van der Waals surface area contributed by atoms with Crippen LogP contribution in [0.25, 0.3) is 0 Å². The molecular weight excluding hydrogens is 330 g/mol. The fourth-order valence-corrected chi connectivity index (χ4v) is 2.71. The predicted molar refractivity (Wildman–Crippen MR) is 88.9 cm³/mol. The van der Waals surface area contributed by atoms with Gasteiger partial charge in [-0.3, -0.25) is 4.90 Å². The number of ether oxygens (including phenoxy) is 2. The first-order valence-electron chi connectivity index (χ1n) is 6.76. The highest BCUT2D eigenvalue weighted by atomic mass is 79.9. The van der Waals surface area contributed by atoms with Crippen LogP contribution < -0.4 is 9.47 Å². The van der Waals surface area contributed by atoms with Gasteiger partial charge in [-0.25, -0.2) is 0 Å². The molecule has 2 aromatic carbocycles. The zero-order valence-electron chi connectivity index (χ0n) is 12.6. The molecule has 0 saturated heterocycles. The Bertz CT molecular complexity index is 601. The Labute approximate surface area is 134 Å². The Morgan fingerprint density at radius 2 is 1.81 bits per heavy atom. The van der Waals surface area contributed by atoms with Crippen molar-refractivity contribution in [3.05, 3.63) is 58.1 Å². The number of halogens is 1. The van der Waals surface area contributed by atoms with Gasteiger partial charge in [0.1, 0.15) is 11.5 Å². The highest BCUT2D eigenvalue weighted by molar-refractivity contribution is 9.10. The maximum atomic E-state index is 5.42. The van der Waals surface area contributed by atoms with Crippen LogP contribution >= 0.6 is 15.9 Å². The molecule has 0 N–H and O–H groups in total. The zero-order chi connectivity index (χ0) is 15.2. The first-order chi connectivity index (χ1) is 10.1. The van der Waals surface area contributed by atoms with Crippen molar-refractivity contribution in [3.8, 4) is 11.5 Å². The number of nitrogens with zero attached hydrogens (tertiary/aromatic N) is 1. The minimum absolute atomic E-state index is 0.819. The summed E-state index contributed by atoms with van der Waals surface area (Å²) < 4.78 is 11.7. The maximum Gasteiger partial charge on any atom is 0.123 e. The van der Waals surface area contributed by atoms with Gasteiger partial charge in [-0.15, -0.1) is 0 Å². The predicted octanol–water partition coefficient (Wildman–Crippen LogP) is 4.10. The van der Waals surface area contributed by atoms with Gasteiger partial charge in [0.25, 0.3) is 0 Å². The van der Waals surface area contributed by atoms with Crippen LogP contribution in [0.5, 0.6) is 11.5 Å². The largest absolute Gasteiger partial charge is 0.497 e. The second-order valence-corrected chi connectivity index (χ2v) is 5.90. The Morgan fingerprint density at radius 3 is 2.52 bits per heavy atom. The van der Waals surface area contributed by atoms with Crippen LogP contribution in [0, 0.1) is 0 Å². The lowest BCUT2D eigenvalue weighted by Crippen LogP contribution is -2.17. The lowest BCUT2D eigenvalue weighted by molar-refractivity contribution is 0.309. The van der Waals surface area contributed by atoms with Gasteiger partial charge in [-0.1, -0.05) is 28.1 Å². The average molecular weight is 350 g/mol. The summed E-state index contributed by atoms with van der Waals surface area (Å²) in [6, 6.07) is 14.2. The van der Waals surface area contributed by atoms with E-state index >= 15 is 0 Å². The van der Waals surface area contributed by atoms with Gasteiger partial charge >= 0.3 is 0 Å². The van der Waals surface area contributed by atoms with Gasteiger partial charge in [0.05, 0.1) is 14.2 Å². The molecule has 2 rings (SSSR count). The molecule has 0 radical (unpaired) electrons. The number of hydrogen-bond acceptors (Lipinski definition) is 3. The molecule has 0 aliphatic carbocycles. The minimum atomic E-state index is 0.819. The Kier molecular flexibility index (Phi) is 5.65. The molecule has 0 heterocycles. The van der Waals surface area contributed by atoms with Crippen LogP contribution in [0.3, 0.4) is 0 Å². The number of hydrogen-bond donors (Lipinski definition) is 0. The van der Waals surface area contributed by atoms with Crippen LogP contribution in [0.2, 0.25) is 0 Å². The van der Waals surface area contributed by atoms with Crippen molar-refractivity contribution in [3.63, 3.8) is 0 Å². The highest BCUT2D eigenvalue weighted by Crippen LogP contribution is 2.24. The third-order valence-corrected chi connectivity index (χ3v) is 3.76. The van der Waals surface area contributed by atoms with E-state index in [9.17, 15) is 0 Å². The first kappa shape index (κ1) is 15.9. The molecule has 0 aliphatic heterocycles. The lowest BCUT2D eigenvalue weighted by atomic mass is 10.1. The van der Waals surface area contributed by atoms with Crippen LogP contribution in [0.1, 0.15) is 11.1 Å². The quantitative estimate of drug-likeness (QED) is 0.783. The fourth-order valence-electron chi connectivity index (χ4n) is 2.30. The van der Waals surface area contributed by atoms with E-state index in [-0.39, 0.29) is 0 Å². The molecular formula is C17H20BrNO2. The molecule has 0 unspecified atom stereocenters. The van der Waals surface area contributed by atoms with Gasteiger partial charge in [0.2, 0.25) is 0 Å². The van der Waals surface area contributed by atoms with Crippen molar-refractivity contribution in [2.24, 2.45) is 0 Å². The summed E-state index contributed by atoms with van der Waals surface area (Å²) in [6.07, 6.45) is 0. The van der Waals surface area contributed by atoms with Crippen molar-refractivity contribution in [1.82, 2.24) is 4.90 Å². The molecule has 0 saturated carbocycles. The molecule has 0 atom stereocenters. The van der Waals surface area contributed by atoms with Gasteiger partial charge in [-0.05, 0) is 42.9 Å². The monoisotopic (exact) mass is 349 g/mol. The maximum absolute atomic E-state index is 5.42. The van der Waals surface area contributed by atoms with Crippen LogP contribution in [0.15, 0.2) is 46.9 Å². The van der Waals surface area contributed by atoms with Gasteiger partial charge in [-0.2, -0.15) is 0 Å². The van der Waals surface area contributed by atoms with E-state index in [2.05, 4.69) is 46.1 Å². The van der Waals surface area contributed by atoms with Crippen LogP contribution in [-0.4, -0.2) is 26.2 Å². The second-order valence-electron chi connectivity index (χ2n) is 4.98. The van der Waals surface area contributed by atoms with E-state index in [0.717, 1.165) is 34.6 Å². The van der Waals surface area contributed by atoms with E-state index in [1.165, 1.54) is 5.56 Å². The van der Waals surface area contributed by atoms with Gasteiger partial charge < -0.3 is 9.47 Å². The smallest absolute Gasteiger partial charge is 0.123 e. The second kappa shape index (κ2) is 7.48. The number of rotatable bonds is 6. The SMILES string of the molecule is COc1cccc(CN(C)Cc2cc(Br)ccc2OC)c1. The minimum Gasteiger partial charge on any atom is -0.497 e. The molecule has 0 spiro atoms. The summed E-state index contributed by atoms with van der Waals surface area (Å²) >= 11 is 3.51. The molecule has 0 aromatic heterocycles. The van der Waals surface area contributed by atoms with E-state index in [1.807, 2.05) is 24.3 Å². The van der Waals surface area contributed by atoms with Crippen molar-refractivity contribution in [2.45, 2.75) is 13.1 Å². The lowest BCUT2D eigenvalue weighted by Gasteiger charge is -2.19. The molecule has 3 nitrogen and oxygen atoms in total. The van der Waals surface area contributed by atoms with E-state index in [4.69, 9.17) is 9.47 Å². The molecule has 0 aliphatic rings. The van der Waals surface area contributed by atoms with Crippen LogP contribution in [0.4, 0.5) is 0 Å². The third-order valence-electron chi connectivity index (χ3n) is 3.27. The Morgan fingerprint density at radius 1 is 1.00 bits per heavy atom. The van der Waals surface area contributed by atoms with Gasteiger partial charge in [0, 0.05) is 23.1 Å². The highest BCUT2D eigenvalue weighted by Gasteiger charge is 2.08. The molecule has 0 bridgehead atoms. The summed E-state index contributed by atoms with van der Waals surface area (Å²) in [7, 11) is 5.49. The van der Waals surface area contributed by atoms with Crippen molar-refractivity contribution in [2.75, 3.05) is 21.3 Å². The third kappa shape index (κ3) is 4.48. The standard InChI is InChI=1S/C17H20BrNO2/c1-19(11-13-5-4-6-16(9-13)20-2)12-14-10-15(18)7-8-17(14)21-3/h4-10H,11-12H2,1-3H3. The van der Waals surface area contributed by atoms with Crippen molar-refractivity contribution in [1.29, 1.82) is 0 Å². The average Bonchev–Trinajstić information content (AvgIpc) is 2.47. The molecule has 0 amide bonds. The van der Waals surface area contributed by atoms with Crippen molar-refractivity contribution < 1.29 is 9.47 Å². The Hall–Kier alpha value is -1.52. The summed E-state index contributed by atoms with van der Waals surface area (Å²) in [4.78, 5) is 2.25. The fraction of sp³-hybridized carbons (Fsp3) is 0.294. The summed E-state index contributed by atoms with van der Waals surface area (Å²) in [5, 5.41) is 0. The van der Waals surface area contributed by atoms with Crippen molar-refractivity contribution >= 4 is 15.9 Å². The van der Waals surface area contributed by atoms with Gasteiger partial charge in [0.15, 0.2) is 0 Å². The van der Waals surface area contributed by atoms with E-state index in [0.29, 0.717) is 0 Å².